The van der Waals surface area contributed by atoms with Gasteiger partial charge >= 0.3 is 5.97 Å². The molecule has 1 aliphatic heterocycles. The van der Waals surface area contributed by atoms with Crippen LogP contribution in [0.3, 0.4) is 0 Å². The molecule has 1 aromatic carbocycles. The lowest BCUT2D eigenvalue weighted by molar-refractivity contribution is -0.135. The van der Waals surface area contributed by atoms with Crippen molar-refractivity contribution in [2.24, 2.45) is 0 Å². The van der Waals surface area contributed by atoms with Crippen LogP contribution in [-0.4, -0.2) is 36.5 Å². The molecule has 1 aliphatic rings. The minimum Gasteiger partial charge on any atom is -0.452 e. The van der Waals surface area contributed by atoms with Gasteiger partial charge in [-0.25, -0.2) is 4.79 Å². The van der Waals surface area contributed by atoms with Crippen LogP contribution in [0.5, 0.6) is 0 Å². The first-order chi connectivity index (χ1) is 9.56. The third-order valence-electron chi connectivity index (χ3n) is 3.19. The van der Waals surface area contributed by atoms with Gasteiger partial charge in [0.2, 0.25) is 0 Å². The highest BCUT2D eigenvalue weighted by Gasteiger charge is 2.18. The maximum absolute atomic E-state index is 11.9. The SMILES string of the molecule is Nc1cc(Br)cc(C(=O)OCC(=O)N2CCCCC2)c1. The lowest BCUT2D eigenvalue weighted by Gasteiger charge is -2.26. The first kappa shape index (κ1) is 14.8. The number of ether oxygens (including phenoxy) is 1. The number of piperidine rings is 1. The number of carbonyl (C=O) groups is 2. The largest absolute Gasteiger partial charge is 0.452 e. The van der Waals surface area contributed by atoms with Gasteiger partial charge in [0.25, 0.3) is 5.91 Å². The van der Waals surface area contributed by atoms with Gasteiger partial charge in [0.15, 0.2) is 6.61 Å². The summed E-state index contributed by atoms with van der Waals surface area (Å²) in [5.74, 6) is -0.677. The normalized spacial score (nSPS) is 14.9. The molecule has 2 N–H and O–H groups in total. The number of nitrogen functional groups attached to an aromatic ring is 1. The van der Waals surface area contributed by atoms with Crippen molar-refractivity contribution in [3.05, 3.63) is 28.2 Å². The number of rotatable bonds is 3. The molecule has 5 nitrogen and oxygen atoms in total. The molecule has 0 atom stereocenters. The summed E-state index contributed by atoms with van der Waals surface area (Å²) >= 11 is 3.26. The number of halogens is 1. The molecule has 1 heterocycles. The molecule has 1 aromatic rings. The van der Waals surface area contributed by atoms with Gasteiger partial charge in [-0.15, -0.1) is 0 Å². The Morgan fingerprint density at radius 2 is 1.90 bits per heavy atom. The van der Waals surface area contributed by atoms with Crippen LogP contribution in [0.1, 0.15) is 29.6 Å². The van der Waals surface area contributed by atoms with Gasteiger partial charge in [0.1, 0.15) is 0 Å². The van der Waals surface area contributed by atoms with Crippen molar-refractivity contribution >= 4 is 33.5 Å². The van der Waals surface area contributed by atoms with Gasteiger partial charge in [-0.3, -0.25) is 4.79 Å². The number of hydrogen-bond donors (Lipinski definition) is 1. The van der Waals surface area contributed by atoms with E-state index in [1.165, 1.54) is 6.07 Å². The fourth-order valence-electron chi connectivity index (χ4n) is 2.18. The fourth-order valence-corrected chi connectivity index (χ4v) is 2.69. The summed E-state index contributed by atoms with van der Waals surface area (Å²) in [6.45, 7) is 1.28. The number of amides is 1. The molecule has 0 radical (unpaired) electrons. The molecule has 20 heavy (non-hydrogen) atoms. The van der Waals surface area contributed by atoms with Crippen LogP contribution in [-0.2, 0) is 9.53 Å². The van der Waals surface area contributed by atoms with Gasteiger partial charge in [-0.05, 0) is 37.5 Å². The first-order valence-corrected chi connectivity index (χ1v) is 7.36. The molecule has 108 valence electrons. The van der Waals surface area contributed by atoms with Crippen molar-refractivity contribution in [1.82, 2.24) is 4.90 Å². The molecule has 0 bridgehead atoms. The number of nitrogens with two attached hydrogens (primary N) is 1. The van der Waals surface area contributed by atoms with E-state index < -0.39 is 5.97 Å². The van der Waals surface area contributed by atoms with Crippen LogP contribution in [0, 0.1) is 0 Å². The summed E-state index contributed by atoms with van der Waals surface area (Å²) in [5.41, 5.74) is 6.46. The molecule has 0 unspecified atom stereocenters. The molecule has 6 heteroatoms. The zero-order valence-corrected chi connectivity index (χ0v) is 12.7. The summed E-state index contributed by atoms with van der Waals surface area (Å²) in [7, 11) is 0. The Morgan fingerprint density at radius 1 is 1.20 bits per heavy atom. The van der Waals surface area contributed by atoms with Crippen molar-refractivity contribution in [3.63, 3.8) is 0 Å². The minimum atomic E-state index is -0.539. The lowest BCUT2D eigenvalue weighted by atomic mass is 10.1. The zero-order chi connectivity index (χ0) is 14.5. The Balaban J connectivity index is 1.89. The quantitative estimate of drug-likeness (QED) is 0.676. The third kappa shape index (κ3) is 3.96. The van der Waals surface area contributed by atoms with Crippen LogP contribution in [0.25, 0.3) is 0 Å². The van der Waals surface area contributed by atoms with Gasteiger partial charge in [-0.2, -0.15) is 0 Å². The molecule has 2 rings (SSSR count). The Bertz CT molecular complexity index is 493. The Kier molecular flexibility index (Phi) is 5.00. The Labute approximate surface area is 126 Å². The van der Waals surface area contributed by atoms with Gasteiger partial charge in [-0.1, -0.05) is 15.9 Å². The summed E-state index contributed by atoms with van der Waals surface area (Å²) in [5, 5.41) is 0. The fraction of sp³-hybridized carbons (Fsp3) is 0.429. The maximum atomic E-state index is 11.9. The average molecular weight is 341 g/mol. The summed E-state index contributed by atoms with van der Waals surface area (Å²) in [6.07, 6.45) is 3.19. The zero-order valence-electron chi connectivity index (χ0n) is 11.1. The van der Waals surface area contributed by atoms with E-state index in [0.29, 0.717) is 15.7 Å². The molecular weight excluding hydrogens is 324 g/mol. The molecule has 1 amide bonds. The van der Waals surface area contributed by atoms with E-state index in [9.17, 15) is 9.59 Å². The van der Waals surface area contributed by atoms with Crippen molar-refractivity contribution in [2.45, 2.75) is 19.3 Å². The van der Waals surface area contributed by atoms with Crippen molar-refractivity contribution in [1.29, 1.82) is 0 Å². The summed E-state index contributed by atoms with van der Waals surface area (Å²) in [4.78, 5) is 25.5. The molecule has 0 aromatic heterocycles. The number of likely N-dealkylation sites (tertiary alicyclic amines) is 1. The minimum absolute atomic E-state index is 0.138. The first-order valence-electron chi connectivity index (χ1n) is 6.57. The number of nitrogens with zero attached hydrogens (tertiary/aromatic N) is 1. The predicted molar refractivity (Wildman–Crippen MR) is 79.3 cm³/mol. The van der Waals surface area contributed by atoms with E-state index in [2.05, 4.69) is 15.9 Å². The second-order valence-electron chi connectivity index (χ2n) is 4.79. The van der Waals surface area contributed by atoms with E-state index in [1.807, 2.05) is 0 Å². The van der Waals surface area contributed by atoms with Crippen LogP contribution in [0.15, 0.2) is 22.7 Å². The lowest BCUT2D eigenvalue weighted by Crippen LogP contribution is -2.38. The summed E-state index contributed by atoms with van der Waals surface area (Å²) < 4.78 is 5.75. The standard InChI is InChI=1S/C14H17BrN2O3/c15-11-6-10(7-12(16)8-11)14(19)20-9-13(18)17-4-2-1-3-5-17/h6-8H,1-5,9,16H2. The topological polar surface area (TPSA) is 72.6 Å². The summed E-state index contributed by atoms with van der Waals surface area (Å²) in [6, 6.07) is 4.83. The molecule has 1 saturated heterocycles. The smallest absolute Gasteiger partial charge is 0.338 e. The van der Waals surface area contributed by atoms with E-state index >= 15 is 0 Å². The van der Waals surface area contributed by atoms with Gasteiger partial charge in [0, 0.05) is 23.2 Å². The Hall–Kier alpha value is -1.56. The van der Waals surface area contributed by atoms with Crippen LogP contribution in [0.4, 0.5) is 5.69 Å². The second kappa shape index (κ2) is 6.74. The van der Waals surface area contributed by atoms with Crippen molar-refractivity contribution < 1.29 is 14.3 Å². The number of esters is 1. The molecule has 0 spiro atoms. The molecular formula is C14H17BrN2O3. The van der Waals surface area contributed by atoms with Gasteiger partial charge < -0.3 is 15.4 Å². The highest BCUT2D eigenvalue weighted by Crippen LogP contribution is 2.18. The average Bonchev–Trinajstić information content (AvgIpc) is 2.44. The predicted octanol–water partition coefficient (Wildman–Crippen LogP) is 2.20. The number of carbonyl (C=O) groups excluding carboxylic acids is 2. The highest BCUT2D eigenvalue weighted by molar-refractivity contribution is 9.10. The second-order valence-corrected chi connectivity index (χ2v) is 5.71. The Morgan fingerprint density at radius 3 is 2.55 bits per heavy atom. The van der Waals surface area contributed by atoms with Crippen LogP contribution in [0.2, 0.25) is 0 Å². The van der Waals surface area contributed by atoms with Crippen molar-refractivity contribution in [2.75, 3.05) is 25.4 Å². The van der Waals surface area contributed by atoms with Gasteiger partial charge in [0.05, 0.1) is 5.56 Å². The monoisotopic (exact) mass is 340 g/mol. The van der Waals surface area contributed by atoms with Crippen LogP contribution < -0.4 is 5.73 Å². The number of benzene rings is 1. The maximum Gasteiger partial charge on any atom is 0.338 e. The number of hydrogen-bond acceptors (Lipinski definition) is 4. The van der Waals surface area contributed by atoms with Crippen molar-refractivity contribution in [3.8, 4) is 0 Å². The molecule has 1 fully saturated rings. The van der Waals surface area contributed by atoms with E-state index in [4.69, 9.17) is 10.5 Å². The molecule has 0 aliphatic carbocycles. The highest BCUT2D eigenvalue weighted by atomic mass is 79.9. The van der Waals surface area contributed by atoms with E-state index in [-0.39, 0.29) is 12.5 Å². The van der Waals surface area contributed by atoms with E-state index in [1.54, 1.807) is 17.0 Å². The number of anilines is 1. The van der Waals surface area contributed by atoms with E-state index in [0.717, 1.165) is 32.4 Å². The van der Waals surface area contributed by atoms with Crippen LogP contribution >= 0.6 is 15.9 Å². The molecule has 0 saturated carbocycles. The third-order valence-corrected chi connectivity index (χ3v) is 3.65.